The van der Waals surface area contributed by atoms with Gasteiger partial charge >= 0.3 is 5.97 Å². The third-order valence-electron chi connectivity index (χ3n) is 10.3. The second-order valence-electron chi connectivity index (χ2n) is 13.4. The van der Waals surface area contributed by atoms with Gasteiger partial charge in [0.1, 0.15) is 0 Å². The normalized spacial score (nSPS) is 16.8. The number of benzene rings is 3. The van der Waals surface area contributed by atoms with E-state index in [1.54, 1.807) is 4.68 Å². The zero-order valence-electron chi connectivity index (χ0n) is 29.4. The van der Waals surface area contributed by atoms with E-state index in [0.29, 0.717) is 17.4 Å². The molecule has 0 aliphatic carbocycles. The van der Waals surface area contributed by atoms with Crippen LogP contribution in [0.1, 0.15) is 65.0 Å². The number of pyridine rings is 1. The molecule has 2 saturated heterocycles. The summed E-state index contributed by atoms with van der Waals surface area (Å²) < 4.78 is 20.2. The number of hydrogen-bond acceptors (Lipinski definition) is 8. The van der Waals surface area contributed by atoms with Crippen molar-refractivity contribution in [2.75, 3.05) is 33.5 Å². The fraction of sp³-hybridized carbons (Fsp3) is 0.366. The van der Waals surface area contributed by atoms with Gasteiger partial charge in [-0.2, -0.15) is 0 Å². The Kier molecular flexibility index (Phi) is 10.5. The number of carbonyl (C=O) groups is 1. The van der Waals surface area contributed by atoms with Crippen LogP contribution in [0.3, 0.4) is 0 Å². The van der Waals surface area contributed by atoms with Crippen LogP contribution in [-0.4, -0.2) is 69.2 Å². The van der Waals surface area contributed by atoms with E-state index in [-0.39, 0.29) is 18.1 Å². The number of aliphatic hydroxyl groups is 1. The zero-order chi connectivity index (χ0) is 35.3. The van der Waals surface area contributed by atoms with Gasteiger partial charge in [0.05, 0.1) is 52.8 Å². The molecule has 5 heterocycles. The van der Waals surface area contributed by atoms with E-state index in [1.165, 1.54) is 12.7 Å². The summed E-state index contributed by atoms with van der Waals surface area (Å²) in [4.78, 5) is 17.5. The summed E-state index contributed by atoms with van der Waals surface area (Å²) in [5.74, 6) is 0.373. The lowest BCUT2D eigenvalue weighted by molar-refractivity contribution is 0.00719. The predicted molar refractivity (Wildman–Crippen MR) is 196 cm³/mol. The summed E-state index contributed by atoms with van der Waals surface area (Å²) in [7, 11) is 3.31. The lowest BCUT2D eigenvalue weighted by Crippen LogP contribution is -2.27. The van der Waals surface area contributed by atoms with Crippen molar-refractivity contribution in [1.82, 2.24) is 24.5 Å². The maximum Gasteiger partial charge on any atom is 0.337 e. The van der Waals surface area contributed by atoms with E-state index in [4.69, 9.17) is 19.2 Å². The molecule has 0 bridgehead atoms. The standard InChI is InChI=1S/C29H29N5O3.C12H16O2/c1-18-27(33(2)32-31-18)22-16-25-26(30-17-22)23-10-9-21(29(35)36-3)15-24(23)34(25)28(19-7-5-4-6-8-19)20-11-13-37-14-12-20;13-12(10-4-2-1-3-5-10)11-6-8-14-9-7-11/h4-10,15-17,20,28H,11-14H2,1-3H3;1-5,11-13H,6-9H2/t28-;/m1./s1. The average Bonchev–Trinajstić information content (AvgIpc) is 3.70. The minimum absolute atomic E-state index is 0.0424. The maximum absolute atomic E-state index is 12.5. The number of ether oxygens (including phenoxy) is 3. The molecule has 264 valence electrons. The third kappa shape index (κ3) is 7.17. The first-order valence-corrected chi connectivity index (χ1v) is 17.8. The summed E-state index contributed by atoms with van der Waals surface area (Å²) in [6.07, 6.45) is 5.41. The Balaban J connectivity index is 0.000000243. The van der Waals surface area contributed by atoms with Crippen LogP contribution in [0.2, 0.25) is 0 Å². The molecule has 2 fully saturated rings. The van der Waals surface area contributed by atoms with E-state index in [0.717, 1.165) is 96.6 Å². The van der Waals surface area contributed by atoms with Crippen molar-refractivity contribution in [3.8, 4) is 11.3 Å². The molecule has 0 spiro atoms. The monoisotopic (exact) mass is 687 g/mol. The molecule has 2 aliphatic rings. The van der Waals surface area contributed by atoms with Crippen LogP contribution < -0.4 is 0 Å². The molecule has 8 rings (SSSR count). The topological polar surface area (TPSA) is 114 Å². The van der Waals surface area contributed by atoms with Gasteiger partial charge in [-0.15, -0.1) is 5.10 Å². The summed E-state index contributed by atoms with van der Waals surface area (Å²) in [5, 5.41) is 19.5. The van der Waals surface area contributed by atoms with Gasteiger partial charge in [-0.05, 0) is 79.8 Å². The van der Waals surface area contributed by atoms with Crippen LogP contribution in [0.4, 0.5) is 0 Å². The summed E-state index contributed by atoms with van der Waals surface area (Å²) >= 11 is 0. The highest BCUT2D eigenvalue weighted by Crippen LogP contribution is 2.41. The molecule has 1 N–H and O–H groups in total. The molecular weight excluding hydrogens is 642 g/mol. The van der Waals surface area contributed by atoms with Crippen LogP contribution >= 0.6 is 0 Å². The molecule has 0 amide bonds. The first kappa shape index (κ1) is 34.5. The molecule has 2 atom stereocenters. The smallest absolute Gasteiger partial charge is 0.337 e. The van der Waals surface area contributed by atoms with Crippen LogP contribution in [0.15, 0.2) is 91.1 Å². The second kappa shape index (κ2) is 15.6. The maximum atomic E-state index is 12.5. The Morgan fingerprint density at radius 1 is 0.843 bits per heavy atom. The van der Waals surface area contributed by atoms with Crippen LogP contribution in [0, 0.1) is 18.8 Å². The van der Waals surface area contributed by atoms with E-state index in [9.17, 15) is 9.90 Å². The van der Waals surface area contributed by atoms with Gasteiger partial charge in [0, 0.05) is 50.6 Å². The molecule has 0 saturated carbocycles. The first-order valence-electron chi connectivity index (χ1n) is 17.8. The lowest BCUT2D eigenvalue weighted by atomic mass is 9.86. The van der Waals surface area contributed by atoms with E-state index < -0.39 is 0 Å². The molecule has 1 unspecified atom stereocenters. The molecule has 10 nitrogen and oxygen atoms in total. The van der Waals surface area contributed by atoms with Gasteiger partial charge in [0.15, 0.2) is 0 Å². The number of carbonyl (C=O) groups excluding carboxylic acids is 1. The number of aliphatic hydroxyl groups excluding tert-OH is 1. The molecule has 10 heteroatoms. The Morgan fingerprint density at radius 2 is 1.47 bits per heavy atom. The van der Waals surface area contributed by atoms with E-state index >= 15 is 0 Å². The van der Waals surface area contributed by atoms with Crippen molar-refractivity contribution in [1.29, 1.82) is 0 Å². The van der Waals surface area contributed by atoms with Gasteiger partial charge in [0.25, 0.3) is 0 Å². The number of hydrogen-bond donors (Lipinski definition) is 1. The Hall–Kier alpha value is -4.90. The van der Waals surface area contributed by atoms with Crippen molar-refractivity contribution in [3.63, 3.8) is 0 Å². The first-order chi connectivity index (χ1) is 24.9. The highest BCUT2D eigenvalue weighted by molar-refractivity contribution is 6.08. The van der Waals surface area contributed by atoms with Crippen LogP contribution in [0.25, 0.3) is 33.2 Å². The van der Waals surface area contributed by atoms with Crippen molar-refractivity contribution in [3.05, 3.63) is 114 Å². The summed E-state index contributed by atoms with van der Waals surface area (Å²) in [6.45, 7) is 5.01. The number of nitrogens with zero attached hydrogens (tertiary/aromatic N) is 5. The molecule has 3 aromatic heterocycles. The Bertz CT molecular complexity index is 2060. The fourth-order valence-corrected chi connectivity index (χ4v) is 7.70. The average molecular weight is 688 g/mol. The molecule has 51 heavy (non-hydrogen) atoms. The number of aryl methyl sites for hydroxylation is 2. The van der Waals surface area contributed by atoms with Crippen molar-refractivity contribution in [2.24, 2.45) is 18.9 Å². The molecule has 6 aromatic rings. The quantitative estimate of drug-likeness (QED) is 0.175. The molecule has 0 radical (unpaired) electrons. The highest BCUT2D eigenvalue weighted by Gasteiger charge is 2.31. The minimum atomic E-state index is -0.355. The van der Waals surface area contributed by atoms with Gasteiger partial charge < -0.3 is 23.9 Å². The molecule has 3 aromatic carbocycles. The lowest BCUT2D eigenvalue weighted by Gasteiger charge is -2.33. The second-order valence-corrected chi connectivity index (χ2v) is 13.4. The number of esters is 1. The summed E-state index contributed by atoms with van der Waals surface area (Å²) in [6, 6.07) is 28.4. The van der Waals surface area contributed by atoms with Crippen molar-refractivity contribution in [2.45, 2.75) is 44.8 Å². The number of methoxy groups -OCH3 is 1. The Labute approximate surface area is 298 Å². The van der Waals surface area contributed by atoms with Crippen molar-refractivity contribution >= 4 is 27.9 Å². The summed E-state index contributed by atoms with van der Waals surface area (Å²) in [5.41, 5.74) is 8.37. The Morgan fingerprint density at radius 3 is 2.08 bits per heavy atom. The predicted octanol–water partition coefficient (Wildman–Crippen LogP) is 7.24. The van der Waals surface area contributed by atoms with Gasteiger partial charge in [-0.1, -0.05) is 65.9 Å². The van der Waals surface area contributed by atoms with Gasteiger partial charge in [0.2, 0.25) is 0 Å². The van der Waals surface area contributed by atoms with Crippen LogP contribution in [0.5, 0.6) is 0 Å². The number of fused-ring (bicyclic) bond motifs is 3. The molecule has 2 aliphatic heterocycles. The van der Waals surface area contributed by atoms with Crippen LogP contribution in [-0.2, 0) is 21.3 Å². The van der Waals surface area contributed by atoms with Gasteiger partial charge in [-0.25, -0.2) is 9.48 Å². The SMILES string of the molecule is COC(=O)c1ccc2c3ncc(-c4c(C)nnn4C)cc3n([C@H](c3ccccc3)C3CCOCC3)c2c1.OC(c1ccccc1)C1CCOCC1. The van der Waals surface area contributed by atoms with E-state index in [2.05, 4.69) is 45.2 Å². The third-order valence-corrected chi connectivity index (χ3v) is 10.3. The van der Waals surface area contributed by atoms with E-state index in [1.807, 2.05) is 74.8 Å². The number of aromatic nitrogens is 5. The largest absolute Gasteiger partial charge is 0.465 e. The highest BCUT2D eigenvalue weighted by atomic mass is 16.5. The number of rotatable bonds is 7. The van der Waals surface area contributed by atoms with Gasteiger partial charge in [-0.3, -0.25) is 4.98 Å². The fourth-order valence-electron chi connectivity index (χ4n) is 7.70. The molecular formula is C41H45N5O5. The minimum Gasteiger partial charge on any atom is -0.465 e. The van der Waals surface area contributed by atoms with Crippen molar-refractivity contribution < 1.29 is 24.1 Å². The zero-order valence-corrected chi connectivity index (χ0v) is 29.4.